The molecule has 0 N–H and O–H groups in total. The highest BCUT2D eigenvalue weighted by atomic mass is 32.2. The summed E-state index contributed by atoms with van der Waals surface area (Å²) in [4.78, 5) is 0.410. The summed E-state index contributed by atoms with van der Waals surface area (Å²) in [6, 6.07) is 4.65. The molecule has 0 atom stereocenters. The summed E-state index contributed by atoms with van der Waals surface area (Å²) in [6.45, 7) is 0.969. The lowest BCUT2D eigenvalue weighted by atomic mass is 9.97. The molecule has 1 aromatic carbocycles. The lowest BCUT2D eigenvalue weighted by Crippen LogP contribution is -2.44. The van der Waals surface area contributed by atoms with Gasteiger partial charge in [-0.1, -0.05) is 18.9 Å². The summed E-state index contributed by atoms with van der Waals surface area (Å²) < 4.78 is 57.4. The van der Waals surface area contributed by atoms with Crippen LogP contribution in [0.25, 0.3) is 6.08 Å². The monoisotopic (exact) mass is 385 g/mol. The van der Waals surface area contributed by atoms with Gasteiger partial charge in [-0.05, 0) is 68.9 Å². The molecule has 1 fully saturated rings. The van der Waals surface area contributed by atoms with E-state index in [9.17, 15) is 17.2 Å². The number of fused-ring (bicyclic) bond motifs is 1. The summed E-state index contributed by atoms with van der Waals surface area (Å²) >= 11 is 0. The molecule has 0 spiro atoms. The summed E-state index contributed by atoms with van der Waals surface area (Å²) in [5.74, 6) is 0.105. The molecule has 1 saturated carbocycles. The number of hydrogen-bond donors (Lipinski definition) is 0. The number of ether oxygens (including phenoxy) is 1. The maximum atomic E-state index is 13.3. The lowest BCUT2D eigenvalue weighted by Gasteiger charge is -2.33. The number of sulfonamides is 1. The SMILES string of the molecule is CC(C)N(C1CCCC1)S(=O)(=O)C1=Cc2ccc(OC(F)F)cc2CC1. The Morgan fingerprint density at radius 2 is 1.85 bits per heavy atom. The fourth-order valence-corrected chi connectivity index (χ4v) is 6.08. The molecule has 144 valence electrons. The second kappa shape index (κ2) is 7.64. The average molecular weight is 385 g/mol. The second-order valence-corrected chi connectivity index (χ2v) is 9.11. The van der Waals surface area contributed by atoms with Gasteiger partial charge in [0.05, 0.1) is 4.91 Å². The van der Waals surface area contributed by atoms with Crippen LogP contribution in [0, 0.1) is 0 Å². The Kier molecular flexibility index (Phi) is 5.67. The number of aryl methyl sites for hydroxylation is 1. The minimum absolute atomic E-state index is 0.0733. The van der Waals surface area contributed by atoms with Gasteiger partial charge >= 0.3 is 6.61 Å². The van der Waals surface area contributed by atoms with Crippen LogP contribution in [0.1, 0.15) is 57.1 Å². The van der Waals surface area contributed by atoms with E-state index in [2.05, 4.69) is 4.74 Å². The highest BCUT2D eigenvalue weighted by molar-refractivity contribution is 7.93. The number of benzene rings is 1. The van der Waals surface area contributed by atoms with Crippen LogP contribution in [0.5, 0.6) is 5.75 Å². The smallest absolute Gasteiger partial charge is 0.387 e. The topological polar surface area (TPSA) is 46.6 Å². The van der Waals surface area contributed by atoms with Gasteiger partial charge in [0.2, 0.25) is 10.0 Å². The Bertz CT molecular complexity index is 784. The average Bonchev–Trinajstić information content (AvgIpc) is 3.07. The van der Waals surface area contributed by atoms with E-state index in [1.54, 1.807) is 22.5 Å². The van der Waals surface area contributed by atoms with Gasteiger partial charge in [0, 0.05) is 12.1 Å². The minimum Gasteiger partial charge on any atom is -0.435 e. The molecule has 0 heterocycles. The Labute approximate surface area is 153 Å². The quantitative estimate of drug-likeness (QED) is 0.721. The second-order valence-electron chi connectivity index (χ2n) is 7.22. The number of alkyl halides is 2. The molecule has 7 heteroatoms. The Balaban J connectivity index is 1.90. The van der Waals surface area contributed by atoms with Crippen molar-refractivity contribution in [3.63, 3.8) is 0 Å². The van der Waals surface area contributed by atoms with E-state index in [4.69, 9.17) is 0 Å². The standard InChI is InChI=1S/C19H25F2NO3S/c1-13(2)22(16-5-3-4-6-16)26(23,24)18-10-8-14-11-17(25-19(20)21)9-7-15(14)12-18/h7,9,11-13,16,19H,3-6,8,10H2,1-2H3. The van der Waals surface area contributed by atoms with Crippen molar-refractivity contribution >= 4 is 16.1 Å². The number of allylic oxidation sites excluding steroid dienone is 1. The first-order valence-electron chi connectivity index (χ1n) is 9.11. The van der Waals surface area contributed by atoms with E-state index < -0.39 is 16.6 Å². The van der Waals surface area contributed by atoms with Crippen LogP contribution in [-0.2, 0) is 16.4 Å². The van der Waals surface area contributed by atoms with E-state index in [1.165, 1.54) is 6.07 Å². The van der Waals surface area contributed by atoms with Crippen LogP contribution < -0.4 is 4.74 Å². The molecule has 4 nitrogen and oxygen atoms in total. The third-order valence-electron chi connectivity index (χ3n) is 5.10. The Hall–Kier alpha value is -1.47. The zero-order chi connectivity index (χ0) is 18.9. The highest BCUT2D eigenvalue weighted by Crippen LogP contribution is 2.35. The van der Waals surface area contributed by atoms with Gasteiger partial charge < -0.3 is 4.74 Å². The molecule has 0 aliphatic heterocycles. The van der Waals surface area contributed by atoms with Crippen molar-refractivity contribution in [1.82, 2.24) is 4.31 Å². The molecule has 0 radical (unpaired) electrons. The van der Waals surface area contributed by atoms with Gasteiger partial charge in [-0.3, -0.25) is 0 Å². The van der Waals surface area contributed by atoms with Crippen LogP contribution in [0.15, 0.2) is 23.1 Å². The molecule has 0 bridgehead atoms. The summed E-state index contributed by atoms with van der Waals surface area (Å²) in [6.07, 6.45) is 6.52. The Morgan fingerprint density at radius 1 is 1.15 bits per heavy atom. The molecule has 0 unspecified atom stereocenters. The molecule has 2 aliphatic carbocycles. The molecular weight excluding hydrogens is 360 g/mol. The normalized spacial score (nSPS) is 18.5. The molecular formula is C19H25F2NO3S. The third kappa shape index (κ3) is 3.93. The first kappa shape index (κ1) is 19.3. The van der Waals surface area contributed by atoms with Crippen molar-refractivity contribution < 1.29 is 21.9 Å². The van der Waals surface area contributed by atoms with E-state index in [0.29, 0.717) is 17.7 Å². The van der Waals surface area contributed by atoms with E-state index >= 15 is 0 Å². The van der Waals surface area contributed by atoms with Gasteiger partial charge in [-0.25, -0.2) is 8.42 Å². The van der Waals surface area contributed by atoms with E-state index in [1.807, 2.05) is 13.8 Å². The van der Waals surface area contributed by atoms with Crippen LogP contribution in [0.4, 0.5) is 8.78 Å². The fraction of sp³-hybridized carbons (Fsp3) is 0.579. The molecule has 3 rings (SSSR count). The minimum atomic E-state index is -3.54. The molecule has 2 aliphatic rings. The van der Waals surface area contributed by atoms with Gasteiger partial charge in [0.1, 0.15) is 5.75 Å². The maximum Gasteiger partial charge on any atom is 0.387 e. The lowest BCUT2D eigenvalue weighted by molar-refractivity contribution is -0.0498. The summed E-state index contributed by atoms with van der Waals surface area (Å²) in [5.41, 5.74) is 1.59. The predicted molar refractivity (Wildman–Crippen MR) is 97.5 cm³/mol. The summed E-state index contributed by atoms with van der Waals surface area (Å²) in [5, 5.41) is 0. The van der Waals surface area contributed by atoms with Crippen molar-refractivity contribution in [2.75, 3.05) is 0 Å². The first-order valence-corrected chi connectivity index (χ1v) is 10.5. The van der Waals surface area contributed by atoms with Crippen LogP contribution in [-0.4, -0.2) is 31.4 Å². The largest absolute Gasteiger partial charge is 0.435 e. The molecule has 1 aromatic rings. The van der Waals surface area contributed by atoms with Crippen molar-refractivity contribution in [1.29, 1.82) is 0 Å². The zero-order valence-electron chi connectivity index (χ0n) is 15.1. The number of hydrogen-bond acceptors (Lipinski definition) is 3. The maximum absolute atomic E-state index is 13.3. The predicted octanol–water partition coefficient (Wildman–Crippen LogP) is 4.56. The fourth-order valence-electron chi connectivity index (χ4n) is 4.01. The van der Waals surface area contributed by atoms with Crippen LogP contribution in [0.2, 0.25) is 0 Å². The van der Waals surface area contributed by atoms with Crippen molar-refractivity contribution in [3.05, 3.63) is 34.2 Å². The number of nitrogens with zero attached hydrogens (tertiary/aromatic N) is 1. The highest BCUT2D eigenvalue weighted by Gasteiger charge is 2.37. The van der Waals surface area contributed by atoms with Crippen molar-refractivity contribution in [2.24, 2.45) is 0 Å². The van der Waals surface area contributed by atoms with E-state index in [0.717, 1.165) is 36.8 Å². The Morgan fingerprint density at radius 3 is 2.46 bits per heavy atom. The third-order valence-corrected chi connectivity index (χ3v) is 7.36. The van der Waals surface area contributed by atoms with Gasteiger partial charge in [-0.2, -0.15) is 13.1 Å². The molecule has 0 aromatic heterocycles. The molecule has 0 saturated heterocycles. The van der Waals surface area contributed by atoms with E-state index in [-0.39, 0.29) is 17.8 Å². The van der Waals surface area contributed by atoms with Crippen LogP contribution in [0.3, 0.4) is 0 Å². The zero-order valence-corrected chi connectivity index (χ0v) is 15.9. The van der Waals surface area contributed by atoms with Crippen molar-refractivity contribution in [2.45, 2.75) is 71.1 Å². The summed E-state index contributed by atoms with van der Waals surface area (Å²) in [7, 11) is -3.54. The van der Waals surface area contributed by atoms with Crippen LogP contribution >= 0.6 is 0 Å². The molecule has 0 amide bonds. The van der Waals surface area contributed by atoms with Gasteiger partial charge in [0.25, 0.3) is 0 Å². The van der Waals surface area contributed by atoms with Gasteiger partial charge in [-0.15, -0.1) is 0 Å². The number of halogens is 2. The number of rotatable bonds is 6. The first-order chi connectivity index (χ1) is 12.3. The van der Waals surface area contributed by atoms with Gasteiger partial charge in [0.15, 0.2) is 0 Å². The molecule has 26 heavy (non-hydrogen) atoms. The van der Waals surface area contributed by atoms with Crippen molar-refractivity contribution in [3.8, 4) is 5.75 Å².